The van der Waals surface area contributed by atoms with E-state index in [0.717, 1.165) is 0 Å². The molecule has 2 rings (SSSR count). The number of hydrogen-bond acceptors (Lipinski definition) is 6. The molecule has 3 N–H and O–H groups in total. The zero-order valence-corrected chi connectivity index (χ0v) is 9.38. The molecule has 17 heavy (non-hydrogen) atoms. The first-order valence-electron chi connectivity index (χ1n) is 4.84. The maximum absolute atomic E-state index is 11.0. The minimum Gasteiger partial charge on any atom is -0.364 e. The average Bonchev–Trinajstić information content (AvgIpc) is 2.63. The van der Waals surface area contributed by atoms with E-state index in [2.05, 4.69) is 25.7 Å². The van der Waals surface area contributed by atoms with Gasteiger partial charge in [-0.05, 0) is 18.6 Å². The van der Waals surface area contributed by atoms with E-state index in [1.54, 1.807) is 26.2 Å². The van der Waals surface area contributed by atoms with E-state index in [1.165, 1.54) is 4.80 Å². The number of nitrogens with one attached hydrogen (secondary N) is 1. The zero-order chi connectivity index (χ0) is 12.4. The van der Waals surface area contributed by atoms with Crippen LogP contribution in [-0.4, -0.2) is 31.1 Å². The normalized spacial score (nSPS) is 10.2. The van der Waals surface area contributed by atoms with Crippen molar-refractivity contribution in [2.45, 2.75) is 6.92 Å². The highest BCUT2D eigenvalue weighted by molar-refractivity contribution is 5.92. The van der Waals surface area contributed by atoms with E-state index < -0.39 is 5.91 Å². The van der Waals surface area contributed by atoms with Crippen molar-refractivity contribution in [3.8, 4) is 0 Å². The molecule has 0 bridgehead atoms. The number of nitrogens with zero attached hydrogens (tertiary/aromatic N) is 5. The molecule has 1 amide bonds. The predicted octanol–water partition coefficient (Wildman–Crippen LogP) is -0.244. The first kappa shape index (κ1) is 11.0. The van der Waals surface area contributed by atoms with Gasteiger partial charge in [-0.1, -0.05) is 0 Å². The molecule has 2 aromatic heterocycles. The Morgan fingerprint density at radius 2 is 2.18 bits per heavy atom. The molecule has 0 fully saturated rings. The summed E-state index contributed by atoms with van der Waals surface area (Å²) in [5.74, 6) is 0.432. The minimum absolute atomic E-state index is 0.162. The average molecular weight is 233 g/mol. The standard InChI is InChI=1S/C9H11N7O/c1-5-3-6(13-14-8(5)9(10)17)12-7-4-11-16(2)15-7/h3-4H,1-2H3,(H2,10,17)(H,12,13,15). The summed E-state index contributed by atoms with van der Waals surface area (Å²) in [6, 6.07) is 1.67. The fourth-order valence-electron chi connectivity index (χ4n) is 1.32. The lowest BCUT2D eigenvalue weighted by Gasteiger charge is -2.03. The molecule has 0 saturated heterocycles. The van der Waals surface area contributed by atoms with E-state index in [-0.39, 0.29) is 5.69 Å². The number of carbonyl (C=O) groups is 1. The van der Waals surface area contributed by atoms with Gasteiger partial charge in [-0.25, -0.2) is 0 Å². The summed E-state index contributed by atoms with van der Waals surface area (Å²) < 4.78 is 0. The van der Waals surface area contributed by atoms with Crippen LogP contribution in [-0.2, 0) is 7.05 Å². The number of hydrogen-bond donors (Lipinski definition) is 2. The van der Waals surface area contributed by atoms with E-state index in [0.29, 0.717) is 17.2 Å². The topological polar surface area (TPSA) is 112 Å². The fourth-order valence-corrected chi connectivity index (χ4v) is 1.32. The second kappa shape index (κ2) is 4.16. The van der Waals surface area contributed by atoms with Gasteiger partial charge in [0.05, 0.1) is 6.20 Å². The molecule has 0 atom stereocenters. The third-order valence-corrected chi connectivity index (χ3v) is 2.07. The molecule has 8 nitrogen and oxygen atoms in total. The van der Waals surface area contributed by atoms with Crippen LogP contribution in [0.15, 0.2) is 12.3 Å². The van der Waals surface area contributed by atoms with Gasteiger partial charge in [-0.2, -0.15) is 9.90 Å². The molecule has 0 aliphatic rings. The van der Waals surface area contributed by atoms with Gasteiger partial charge in [0.2, 0.25) is 0 Å². The van der Waals surface area contributed by atoms with E-state index in [4.69, 9.17) is 5.73 Å². The van der Waals surface area contributed by atoms with Gasteiger partial charge >= 0.3 is 0 Å². The molecule has 88 valence electrons. The van der Waals surface area contributed by atoms with Crippen molar-refractivity contribution in [3.63, 3.8) is 0 Å². The lowest BCUT2D eigenvalue weighted by atomic mass is 10.2. The second-order valence-corrected chi connectivity index (χ2v) is 3.47. The number of aromatic nitrogens is 5. The minimum atomic E-state index is -0.596. The highest BCUT2D eigenvalue weighted by Gasteiger charge is 2.09. The first-order chi connectivity index (χ1) is 8.06. The Balaban J connectivity index is 2.23. The van der Waals surface area contributed by atoms with Crippen molar-refractivity contribution in [2.75, 3.05) is 5.32 Å². The van der Waals surface area contributed by atoms with Crippen LogP contribution in [0.25, 0.3) is 0 Å². The maximum atomic E-state index is 11.0. The van der Waals surface area contributed by atoms with Crippen LogP contribution >= 0.6 is 0 Å². The number of carbonyl (C=O) groups excluding carboxylic acids is 1. The van der Waals surface area contributed by atoms with Crippen LogP contribution in [0.1, 0.15) is 16.1 Å². The van der Waals surface area contributed by atoms with Crippen molar-refractivity contribution in [1.29, 1.82) is 0 Å². The smallest absolute Gasteiger partial charge is 0.269 e. The molecule has 0 radical (unpaired) electrons. The monoisotopic (exact) mass is 233 g/mol. The SMILES string of the molecule is Cc1cc(Nc2cnn(C)n2)nnc1C(N)=O. The Labute approximate surface area is 96.8 Å². The van der Waals surface area contributed by atoms with Gasteiger partial charge in [-0.15, -0.1) is 15.3 Å². The molecule has 0 aliphatic heterocycles. The van der Waals surface area contributed by atoms with E-state index in [1.807, 2.05) is 0 Å². The fraction of sp³-hybridized carbons (Fsp3) is 0.222. The Bertz CT molecular complexity index is 562. The predicted molar refractivity (Wildman–Crippen MR) is 59.6 cm³/mol. The third-order valence-electron chi connectivity index (χ3n) is 2.07. The number of nitrogens with two attached hydrogens (primary N) is 1. The summed E-state index contributed by atoms with van der Waals surface area (Å²) in [5.41, 5.74) is 5.95. The molecular formula is C9H11N7O. The highest BCUT2D eigenvalue weighted by Crippen LogP contribution is 2.12. The molecule has 0 saturated carbocycles. The first-order valence-corrected chi connectivity index (χ1v) is 4.84. The van der Waals surface area contributed by atoms with Crippen LogP contribution in [0.5, 0.6) is 0 Å². The molecule has 0 spiro atoms. The van der Waals surface area contributed by atoms with Gasteiger partial charge in [0.15, 0.2) is 17.3 Å². The van der Waals surface area contributed by atoms with Gasteiger partial charge in [0.1, 0.15) is 0 Å². The maximum Gasteiger partial charge on any atom is 0.269 e. The quantitative estimate of drug-likeness (QED) is 0.756. The Kier molecular flexibility index (Phi) is 2.69. The number of anilines is 2. The lowest BCUT2D eigenvalue weighted by Crippen LogP contribution is -2.16. The van der Waals surface area contributed by atoms with Crippen LogP contribution in [0, 0.1) is 6.92 Å². The second-order valence-electron chi connectivity index (χ2n) is 3.47. The summed E-state index contributed by atoms with van der Waals surface area (Å²) >= 11 is 0. The Morgan fingerprint density at radius 1 is 1.41 bits per heavy atom. The molecular weight excluding hydrogens is 222 g/mol. The van der Waals surface area contributed by atoms with Gasteiger partial charge in [0, 0.05) is 7.05 Å². The lowest BCUT2D eigenvalue weighted by molar-refractivity contribution is 0.0994. The van der Waals surface area contributed by atoms with Gasteiger partial charge in [-0.3, -0.25) is 4.79 Å². The van der Waals surface area contributed by atoms with Gasteiger partial charge in [0.25, 0.3) is 5.91 Å². The van der Waals surface area contributed by atoms with Crippen LogP contribution in [0.3, 0.4) is 0 Å². The number of amides is 1. The van der Waals surface area contributed by atoms with Crippen LogP contribution < -0.4 is 11.1 Å². The Hall–Kier alpha value is -2.51. The summed E-state index contributed by atoms with van der Waals surface area (Å²) in [4.78, 5) is 12.4. The number of aryl methyl sites for hydroxylation is 2. The largest absolute Gasteiger partial charge is 0.364 e. The van der Waals surface area contributed by atoms with Gasteiger partial charge < -0.3 is 11.1 Å². The van der Waals surface area contributed by atoms with Crippen molar-refractivity contribution in [1.82, 2.24) is 25.2 Å². The number of primary amides is 1. The van der Waals surface area contributed by atoms with Crippen molar-refractivity contribution >= 4 is 17.5 Å². The van der Waals surface area contributed by atoms with Crippen molar-refractivity contribution in [3.05, 3.63) is 23.5 Å². The zero-order valence-electron chi connectivity index (χ0n) is 9.38. The summed E-state index contributed by atoms with van der Waals surface area (Å²) in [6.45, 7) is 1.73. The molecule has 8 heteroatoms. The number of rotatable bonds is 3. The highest BCUT2D eigenvalue weighted by atomic mass is 16.1. The summed E-state index contributed by atoms with van der Waals surface area (Å²) in [7, 11) is 1.71. The van der Waals surface area contributed by atoms with Crippen molar-refractivity contribution in [2.24, 2.45) is 12.8 Å². The molecule has 0 unspecified atom stereocenters. The summed E-state index contributed by atoms with van der Waals surface area (Å²) in [6.07, 6.45) is 1.55. The molecule has 0 aliphatic carbocycles. The van der Waals surface area contributed by atoms with E-state index >= 15 is 0 Å². The summed E-state index contributed by atoms with van der Waals surface area (Å²) in [5, 5.41) is 18.4. The molecule has 2 aromatic rings. The van der Waals surface area contributed by atoms with Crippen LogP contribution in [0.2, 0.25) is 0 Å². The van der Waals surface area contributed by atoms with E-state index in [9.17, 15) is 4.79 Å². The Morgan fingerprint density at radius 3 is 2.71 bits per heavy atom. The van der Waals surface area contributed by atoms with Crippen LogP contribution in [0.4, 0.5) is 11.6 Å². The van der Waals surface area contributed by atoms with Crippen molar-refractivity contribution < 1.29 is 4.79 Å². The molecule has 2 heterocycles. The molecule has 0 aromatic carbocycles. The third kappa shape index (κ3) is 2.36.